The molecular formula is C74H128N2. The van der Waals surface area contributed by atoms with Crippen molar-refractivity contribution in [3.05, 3.63) is 84.0 Å². The topological polar surface area (TPSA) is 24.7 Å². The van der Waals surface area contributed by atoms with Gasteiger partial charge < -0.3 is 0 Å². The van der Waals surface area contributed by atoms with Gasteiger partial charge >= 0.3 is 0 Å². The summed E-state index contributed by atoms with van der Waals surface area (Å²) >= 11 is 0. The zero-order chi connectivity index (χ0) is 54.1. The minimum atomic E-state index is 0.992. The Bertz CT molecular complexity index is 1640. The first kappa shape index (κ1) is 69.4. The van der Waals surface area contributed by atoms with Gasteiger partial charge in [0.05, 0.1) is 22.8 Å². The Kier molecular flexibility index (Phi) is 50.7. The summed E-state index contributed by atoms with van der Waals surface area (Å²) in [6.07, 6.45) is 80.2. The van der Waals surface area contributed by atoms with Crippen molar-refractivity contribution in [2.75, 3.05) is 0 Å². The van der Waals surface area contributed by atoms with Gasteiger partial charge in [0, 0.05) is 0 Å². The van der Waals surface area contributed by atoms with Crippen LogP contribution in [0, 0.1) is 0 Å². The number of aryl methyl sites for hydroxylation is 2. The molecule has 0 bridgehead atoms. The lowest BCUT2D eigenvalue weighted by molar-refractivity contribution is 0.525. The van der Waals surface area contributed by atoms with E-state index < -0.39 is 0 Å². The quantitative estimate of drug-likeness (QED) is 0.0358. The van der Waals surface area contributed by atoms with Gasteiger partial charge in [-0.15, -0.1) is 0 Å². The Morgan fingerprint density at radius 2 is 0.500 bits per heavy atom. The van der Waals surface area contributed by atoms with Crippen LogP contribution in [0.4, 0.5) is 11.4 Å². The zero-order valence-corrected chi connectivity index (χ0v) is 51.6. The number of allylic oxidation sites excluding steroid dienone is 4. The Morgan fingerprint density at radius 1 is 0.263 bits per heavy atom. The molecule has 0 saturated carbocycles. The second-order valence-corrected chi connectivity index (χ2v) is 23.6. The first-order chi connectivity index (χ1) is 37.7. The van der Waals surface area contributed by atoms with Crippen molar-refractivity contribution >= 4 is 22.8 Å². The number of benzene rings is 2. The highest BCUT2D eigenvalue weighted by molar-refractivity contribution is 6.43. The first-order valence-electron chi connectivity index (χ1n) is 34.3. The van der Waals surface area contributed by atoms with Crippen LogP contribution in [0.1, 0.15) is 360 Å². The molecule has 0 aliphatic rings. The standard InChI is InChI=1S/C74H128N2/c1-5-9-13-16-18-20-22-24-26-28-30-32-34-36-38-40-42-44-46-48-50-52-54-61-69-63-57-59-66-71(69)75-73(65-12-8-4)74(68-56-15-11-7-3)76-72-67-60-58-64-70(72)62-55-53-51-49-47-45-43-41-39-37-35-33-31-29-27-25-23-21-19-17-14-10-6-2/h48-51,57-60,63-64,66-67H,5-47,52-56,61-62,65,68H2,1-4H3/b50-48+,51-49+,75-73?,76-74?. The Labute approximate surface area is 476 Å². The fraction of sp³-hybridized carbons (Fsp3) is 0.757. The number of hydrogen-bond acceptors (Lipinski definition) is 2. The van der Waals surface area contributed by atoms with E-state index in [9.17, 15) is 0 Å². The van der Waals surface area contributed by atoms with Crippen LogP contribution in [-0.2, 0) is 12.8 Å². The summed E-state index contributed by atoms with van der Waals surface area (Å²) in [5.74, 6) is 0. The molecule has 0 radical (unpaired) electrons. The molecule has 0 unspecified atom stereocenters. The number of rotatable bonds is 57. The van der Waals surface area contributed by atoms with Gasteiger partial charge in [0.1, 0.15) is 0 Å². The highest BCUT2D eigenvalue weighted by Crippen LogP contribution is 2.27. The monoisotopic (exact) mass is 1050 g/mol. The molecule has 0 aliphatic heterocycles. The lowest BCUT2D eigenvalue weighted by Gasteiger charge is -2.14. The summed E-state index contributed by atoms with van der Waals surface area (Å²) in [6.45, 7) is 9.24. The molecule has 0 saturated heterocycles. The van der Waals surface area contributed by atoms with E-state index in [1.54, 1.807) is 0 Å². The van der Waals surface area contributed by atoms with Crippen LogP contribution >= 0.6 is 0 Å². The van der Waals surface area contributed by atoms with Gasteiger partial charge in [0.2, 0.25) is 0 Å². The van der Waals surface area contributed by atoms with Crippen LogP contribution in [0.5, 0.6) is 0 Å². The molecule has 0 spiro atoms. The molecule has 2 rings (SSSR count). The normalized spacial score (nSPS) is 12.4. The van der Waals surface area contributed by atoms with E-state index in [-0.39, 0.29) is 0 Å². The molecular weight excluding hydrogens is 917 g/mol. The van der Waals surface area contributed by atoms with Gasteiger partial charge in [0.15, 0.2) is 0 Å². The van der Waals surface area contributed by atoms with Crippen molar-refractivity contribution in [1.82, 2.24) is 0 Å². The smallest absolute Gasteiger partial charge is 0.0665 e. The molecule has 0 atom stereocenters. The summed E-state index contributed by atoms with van der Waals surface area (Å²) in [7, 11) is 0. The molecule has 0 N–H and O–H groups in total. The molecule has 2 nitrogen and oxygen atoms in total. The molecule has 0 aromatic heterocycles. The van der Waals surface area contributed by atoms with Crippen molar-refractivity contribution < 1.29 is 0 Å². The maximum atomic E-state index is 5.57. The molecule has 0 fully saturated rings. The van der Waals surface area contributed by atoms with Gasteiger partial charge in [-0.3, -0.25) is 9.98 Å². The second-order valence-electron chi connectivity index (χ2n) is 23.6. The van der Waals surface area contributed by atoms with Gasteiger partial charge in [0.25, 0.3) is 0 Å². The minimum absolute atomic E-state index is 0.992. The van der Waals surface area contributed by atoms with E-state index in [2.05, 4.69) is 101 Å². The number of para-hydroxylation sites is 2. The van der Waals surface area contributed by atoms with Crippen molar-refractivity contribution in [2.45, 2.75) is 362 Å². The van der Waals surface area contributed by atoms with Crippen LogP contribution in [0.25, 0.3) is 0 Å². The minimum Gasteiger partial charge on any atom is -0.251 e. The molecule has 2 aromatic rings. The fourth-order valence-electron chi connectivity index (χ4n) is 11.2. The predicted molar refractivity (Wildman–Crippen MR) is 346 cm³/mol. The third-order valence-corrected chi connectivity index (χ3v) is 16.3. The SMILES string of the molecule is CCCCCCCCCCCCCCCCCCCC/C=C/CCCc1ccccc1N=C(CCCC)C(CCCCCC)=Nc1ccccc1CCC/C=C/CCCCCCCCCCCCCCCCCCCC. The maximum Gasteiger partial charge on any atom is 0.0665 e. The average Bonchev–Trinajstić information content (AvgIpc) is 3.44. The number of hydrogen-bond donors (Lipinski definition) is 0. The summed E-state index contributed by atoms with van der Waals surface area (Å²) in [6, 6.07) is 18.0. The summed E-state index contributed by atoms with van der Waals surface area (Å²) in [5, 5.41) is 0. The van der Waals surface area contributed by atoms with Gasteiger partial charge in [-0.25, -0.2) is 0 Å². The van der Waals surface area contributed by atoms with E-state index in [4.69, 9.17) is 9.98 Å². The highest BCUT2D eigenvalue weighted by atomic mass is 14.8. The van der Waals surface area contributed by atoms with Crippen LogP contribution in [0.2, 0.25) is 0 Å². The average molecular weight is 1050 g/mol. The van der Waals surface area contributed by atoms with Crippen LogP contribution in [0.15, 0.2) is 82.8 Å². The Balaban J connectivity index is 1.74. The van der Waals surface area contributed by atoms with Gasteiger partial charge in [-0.1, -0.05) is 332 Å². The molecule has 434 valence electrons. The Morgan fingerprint density at radius 3 is 0.803 bits per heavy atom. The number of nitrogens with zero attached hydrogens (tertiary/aromatic N) is 2. The summed E-state index contributed by atoms with van der Waals surface area (Å²) in [4.78, 5) is 11.1. The lowest BCUT2D eigenvalue weighted by Crippen LogP contribution is -2.15. The zero-order valence-electron chi connectivity index (χ0n) is 51.6. The van der Waals surface area contributed by atoms with Crippen molar-refractivity contribution in [3.63, 3.8) is 0 Å². The van der Waals surface area contributed by atoms with Gasteiger partial charge in [-0.2, -0.15) is 0 Å². The molecule has 0 amide bonds. The maximum absolute atomic E-state index is 5.57. The lowest BCUT2D eigenvalue weighted by atomic mass is 10.0. The van der Waals surface area contributed by atoms with Crippen molar-refractivity contribution in [3.8, 4) is 0 Å². The van der Waals surface area contributed by atoms with E-state index >= 15 is 0 Å². The third kappa shape index (κ3) is 42.2. The number of aliphatic imine (C=N–C) groups is 2. The van der Waals surface area contributed by atoms with E-state index in [1.165, 1.54) is 311 Å². The summed E-state index contributed by atoms with van der Waals surface area (Å²) < 4.78 is 0. The van der Waals surface area contributed by atoms with E-state index in [0.29, 0.717) is 0 Å². The molecule has 76 heavy (non-hydrogen) atoms. The number of unbranched alkanes of at least 4 members (excludes halogenated alkanes) is 42. The van der Waals surface area contributed by atoms with Gasteiger partial charge in [-0.05, 0) is 113 Å². The second kappa shape index (κ2) is 55.6. The molecule has 2 aromatic carbocycles. The van der Waals surface area contributed by atoms with Crippen molar-refractivity contribution in [1.29, 1.82) is 0 Å². The molecule has 0 aliphatic carbocycles. The van der Waals surface area contributed by atoms with E-state index in [1.807, 2.05) is 0 Å². The molecule has 2 heteroatoms. The predicted octanol–water partition coefficient (Wildman–Crippen LogP) is 26.3. The first-order valence-corrected chi connectivity index (χ1v) is 34.3. The largest absolute Gasteiger partial charge is 0.251 e. The fourth-order valence-corrected chi connectivity index (χ4v) is 11.2. The van der Waals surface area contributed by atoms with Crippen molar-refractivity contribution in [2.24, 2.45) is 9.98 Å². The summed E-state index contributed by atoms with van der Waals surface area (Å²) in [5.41, 5.74) is 7.51. The third-order valence-electron chi connectivity index (χ3n) is 16.3. The van der Waals surface area contributed by atoms with Crippen LogP contribution in [-0.4, -0.2) is 11.4 Å². The van der Waals surface area contributed by atoms with E-state index in [0.717, 1.165) is 56.3 Å². The van der Waals surface area contributed by atoms with Crippen LogP contribution in [0.3, 0.4) is 0 Å². The Hall–Kier alpha value is -2.74. The highest BCUT2D eigenvalue weighted by Gasteiger charge is 2.13. The van der Waals surface area contributed by atoms with Crippen LogP contribution < -0.4 is 0 Å². The molecule has 0 heterocycles.